The highest BCUT2D eigenvalue weighted by Crippen LogP contribution is 2.17. The number of alkyl halides is 1. The zero-order valence-electron chi connectivity index (χ0n) is 7.31. The molecule has 0 spiro atoms. The first kappa shape index (κ1) is 10.9. The smallest absolute Gasteiger partial charge is 0.340 e. The molecule has 1 aromatic carbocycles. The van der Waals surface area contributed by atoms with Gasteiger partial charge in [0.25, 0.3) is 0 Å². The summed E-state index contributed by atoms with van der Waals surface area (Å²) < 4.78 is 30.3. The lowest BCUT2D eigenvalue weighted by Gasteiger charge is -2.04. The molecular weight excluding hydrogens is 214 g/mol. The minimum Gasteiger partial charge on any atom is -0.465 e. The van der Waals surface area contributed by atoms with E-state index < -0.39 is 17.6 Å². The van der Waals surface area contributed by atoms with Gasteiger partial charge >= 0.3 is 5.97 Å². The maximum Gasteiger partial charge on any atom is 0.340 e. The van der Waals surface area contributed by atoms with Crippen molar-refractivity contribution in [3.63, 3.8) is 0 Å². The highest BCUT2D eigenvalue weighted by molar-refractivity contribution is 6.17. The summed E-state index contributed by atoms with van der Waals surface area (Å²) >= 11 is 5.39. The average molecular weight is 221 g/mol. The molecule has 0 radical (unpaired) electrons. The van der Waals surface area contributed by atoms with Crippen LogP contribution in [0, 0.1) is 11.6 Å². The largest absolute Gasteiger partial charge is 0.465 e. The van der Waals surface area contributed by atoms with Crippen LogP contribution in [-0.4, -0.2) is 13.1 Å². The number of carbonyl (C=O) groups excluding carboxylic acids is 1. The zero-order valence-corrected chi connectivity index (χ0v) is 8.07. The molecule has 0 aliphatic carbocycles. The van der Waals surface area contributed by atoms with Crippen LogP contribution in [0.2, 0.25) is 0 Å². The summed E-state index contributed by atoms with van der Waals surface area (Å²) in [7, 11) is 1.12. The number of benzene rings is 1. The quantitative estimate of drug-likeness (QED) is 0.565. The van der Waals surface area contributed by atoms with Gasteiger partial charge in [-0.25, -0.2) is 13.6 Å². The van der Waals surface area contributed by atoms with Gasteiger partial charge in [0, 0.05) is 11.6 Å². The second-order valence-electron chi connectivity index (χ2n) is 2.55. The minimum absolute atomic E-state index is 0.0634. The van der Waals surface area contributed by atoms with Gasteiger partial charge in [-0.1, -0.05) is 0 Å². The lowest BCUT2D eigenvalue weighted by atomic mass is 10.1. The summed E-state index contributed by atoms with van der Waals surface area (Å²) in [4.78, 5) is 11.0. The number of halogens is 3. The highest BCUT2D eigenvalue weighted by atomic mass is 35.5. The molecule has 0 fully saturated rings. The van der Waals surface area contributed by atoms with Gasteiger partial charge in [-0.05, 0) is 6.07 Å². The van der Waals surface area contributed by atoms with Crippen molar-refractivity contribution in [3.8, 4) is 0 Å². The van der Waals surface area contributed by atoms with Crippen LogP contribution in [0.1, 0.15) is 15.9 Å². The first-order chi connectivity index (χ1) is 6.60. The fraction of sp³-hybridized carbons (Fsp3) is 0.222. The molecule has 0 atom stereocenters. The van der Waals surface area contributed by atoms with Gasteiger partial charge in [-0.2, -0.15) is 0 Å². The summed E-state index contributed by atoms with van der Waals surface area (Å²) in [5, 5.41) is 0. The van der Waals surface area contributed by atoms with Crippen molar-refractivity contribution in [2.45, 2.75) is 5.88 Å². The van der Waals surface area contributed by atoms with Crippen molar-refractivity contribution in [2.24, 2.45) is 0 Å². The Hall–Kier alpha value is -1.16. The zero-order chi connectivity index (χ0) is 10.7. The molecular formula is C9H7ClF2O2. The normalized spacial score (nSPS) is 10.0. The van der Waals surface area contributed by atoms with Gasteiger partial charge in [0.2, 0.25) is 0 Å². The van der Waals surface area contributed by atoms with Gasteiger partial charge in [0.05, 0.1) is 18.6 Å². The van der Waals surface area contributed by atoms with E-state index >= 15 is 0 Å². The third kappa shape index (κ3) is 2.01. The van der Waals surface area contributed by atoms with Crippen molar-refractivity contribution in [3.05, 3.63) is 34.9 Å². The molecule has 0 aliphatic rings. The van der Waals surface area contributed by atoms with E-state index in [1.54, 1.807) is 0 Å². The van der Waals surface area contributed by atoms with Crippen LogP contribution in [0.4, 0.5) is 8.78 Å². The number of hydrogen-bond donors (Lipinski definition) is 0. The summed E-state index contributed by atoms with van der Waals surface area (Å²) in [6.45, 7) is 0. The summed E-state index contributed by atoms with van der Waals surface area (Å²) in [5.74, 6) is -2.71. The number of rotatable bonds is 2. The number of esters is 1. The Kier molecular flexibility index (Phi) is 3.41. The SMILES string of the molecule is COC(=O)c1cc(CCl)c(F)cc1F. The van der Waals surface area contributed by atoms with Gasteiger partial charge in [-0.3, -0.25) is 0 Å². The summed E-state index contributed by atoms with van der Waals surface area (Å²) in [5.41, 5.74) is -0.252. The molecule has 1 aromatic rings. The molecule has 0 saturated carbocycles. The molecule has 76 valence electrons. The van der Waals surface area contributed by atoms with Crippen molar-refractivity contribution < 1.29 is 18.3 Å². The summed E-state index contributed by atoms with van der Waals surface area (Å²) in [6.07, 6.45) is 0. The van der Waals surface area contributed by atoms with Gasteiger partial charge in [0.1, 0.15) is 11.6 Å². The predicted octanol–water partition coefficient (Wildman–Crippen LogP) is 2.49. The Morgan fingerprint density at radius 3 is 2.57 bits per heavy atom. The second kappa shape index (κ2) is 4.37. The van der Waals surface area contributed by atoms with E-state index in [2.05, 4.69) is 4.74 Å². The number of ether oxygens (including phenoxy) is 1. The van der Waals surface area contributed by atoms with E-state index in [1.807, 2.05) is 0 Å². The molecule has 0 aliphatic heterocycles. The van der Waals surface area contributed by atoms with Crippen LogP contribution in [0.5, 0.6) is 0 Å². The Bertz CT molecular complexity index is 366. The third-order valence-electron chi connectivity index (χ3n) is 1.69. The molecule has 0 heterocycles. The lowest BCUT2D eigenvalue weighted by Crippen LogP contribution is -2.06. The first-order valence-corrected chi connectivity index (χ1v) is 4.25. The number of methoxy groups -OCH3 is 1. The fourth-order valence-corrected chi connectivity index (χ4v) is 1.17. The fourth-order valence-electron chi connectivity index (χ4n) is 0.963. The molecule has 1 rings (SSSR count). The van der Waals surface area contributed by atoms with Crippen molar-refractivity contribution in [2.75, 3.05) is 7.11 Å². The molecule has 2 nitrogen and oxygen atoms in total. The Labute approximate surface area is 84.4 Å². The van der Waals surface area contributed by atoms with Crippen LogP contribution in [0.3, 0.4) is 0 Å². The van der Waals surface area contributed by atoms with Gasteiger partial charge < -0.3 is 4.74 Å². The van der Waals surface area contributed by atoms with Crippen molar-refractivity contribution in [1.29, 1.82) is 0 Å². The maximum atomic E-state index is 13.0. The molecule has 0 saturated heterocycles. The van der Waals surface area contributed by atoms with Crippen LogP contribution < -0.4 is 0 Å². The minimum atomic E-state index is -0.955. The summed E-state index contributed by atoms with van der Waals surface area (Å²) in [6, 6.07) is 1.66. The Morgan fingerprint density at radius 1 is 1.43 bits per heavy atom. The second-order valence-corrected chi connectivity index (χ2v) is 2.82. The molecule has 0 unspecified atom stereocenters. The molecule has 0 aromatic heterocycles. The van der Waals surface area contributed by atoms with Gasteiger partial charge in [-0.15, -0.1) is 11.6 Å². The first-order valence-electron chi connectivity index (χ1n) is 3.72. The standard InChI is InChI=1S/C9H7ClF2O2/c1-14-9(13)6-2-5(4-10)7(11)3-8(6)12/h2-3H,4H2,1H3. The van der Waals surface area contributed by atoms with E-state index in [0.717, 1.165) is 13.2 Å². The van der Waals surface area contributed by atoms with E-state index in [0.29, 0.717) is 6.07 Å². The number of carbonyl (C=O) groups is 1. The maximum absolute atomic E-state index is 13.0. The molecule has 5 heteroatoms. The molecule has 0 bridgehead atoms. The van der Waals surface area contributed by atoms with Crippen LogP contribution in [0.15, 0.2) is 12.1 Å². The van der Waals surface area contributed by atoms with E-state index in [-0.39, 0.29) is 17.0 Å². The van der Waals surface area contributed by atoms with E-state index in [1.165, 1.54) is 0 Å². The highest BCUT2D eigenvalue weighted by Gasteiger charge is 2.15. The molecule has 0 amide bonds. The topological polar surface area (TPSA) is 26.3 Å². The van der Waals surface area contributed by atoms with Crippen LogP contribution >= 0.6 is 11.6 Å². The van der Waals surface area contributed by atoms with Crippen molar-refractivity contribution in [1.82, 2.24) is 0 Å². The van der Waals surface area contributed by atoms with E-state index in [9.17, 15) is 13.6 Å². The lowest BCUT2D eigenvalue weighted by molar-refractivity contribution is 0.0595. The molecule has 0 N–H and O–H groups in total. The monoisotopic (exact) mass is 220 g/mol. The van der Waals surface area contributed by atoms with E-state index in [4.69, 9.17) is 11.6 Å². The third-order valence-corrected chi connectivity index (χ3v) is 1.97. The van der Waals surface area contributed by atoms with Crippen LogP contribution in [-0.2, 0) is 10.6 Å². The molecule has 14 heavy (non-hydrogen) atoms. The average Bonchev–Trinajstić information content (AvgIpc) is 2.17. The predicted molar refractivity (Wildman–Crippen MR) is 47.3 cm³/mol. The van der Waals surface area contributed by atoms with Crippen molar-refractivity contribution >= 4 is 17.6 Å². The number of hydrogen-bond acceptors (Lipinski definition) is 2. The Balaban J connectivity index is 3.24. The van der Waals surface area contributed by atoms with Crippen LogP contribution in [0.25, 0.3) is 0 Å². The Morgan fingerprint density at radius 2 is 2.07 bits per heavy atom. The van der Waals surface area contributed by atoms with Gasteiger partial charge in [0.15, 0.2) is 0 Å².